The Morgan fingerprint density at radius 3 is 2.45 bits per heavy atom. The third kappa shape index (κ3) is 3.68. The summed E-state index contributed by atoms with van der Waals surface area (Å²) in [4.78, 5) is 0. The van der Waals surface area contributed by atoms with E-state index in [1.165, 1.54) is 5.56 Å². The first kappa shape index (κ1) is 15.2. The van der Waals surface area contributed by atoms with Crippen molar-refractivity contribution in [2.75, 3.05) is 12.4 Å². The molecule has 1 N–H and O–H groups in total. The van der Waals surface area contributed by atoms with Gasteiger partial charge in [-0.05, 0) is 58.2 Å². The molecule has 106 valence electrons. The number of rotatable bonds is 5. The first-order valence-electron chi connectivity index (χ1n) is 6.49. The molecule has 0 saturated heterocycles. The van der Waals surface area contributed by atoms with Gasteiger partial charge in [0.2, 0.25) is 0 Å². The van der Waals surface area contributed by atoms with Gasteiger partial charge in [0.05, 0.1) is 18.2 Å². The molecule has 2 aromatic rings. The lowest BCUT2D eigenvalue weighted by atomic mass is 10.0. The van der Waals surface area contributed by atoms with Crippen LogP contribution >= 0.6 is 27.5 Å². The number of hydrogen-bond acceptors (Lipinski definition) is 2. The molecule has 0 saturated carbocycles. The summed E-state index contributed by atoms with van der Waals surface area (Å²) in [5, 5.41) is 4.21. The molecule has 1 atom stereocenters. The molecule has 0 amide bonds. The molecule has 0 aliphatic rings. The van der Waals surface area contributed by atoms with Crippen molar-refractivity contribution >= 4 is 33.2 Å². The van der Waals surface area contributed by atoms with E-state index in [1.54, 1.807) is 7.11 Å². The van der Waals surface area contributed by atoms with Gasteiger partial charge in [-0.2, -0.15) is 0 Å². The highest BCUT2D eigenvalue weighted by Crippen LogP contribution is 2.29. The van der Waals surface area contributed by atoms with Crippen LogP contribution < -0.4 is 10.1 Å². The maximum atomic E-state index is 6.12. The molecule has 0 heterocycles. The van der Waals surface area contributed by atoms with Crippen molar-refractivity contribution in [2.45, 2.75) is 19.4 Å². The fourth-order valence-corrected chi connectivity index (χ4v) is 2.47. The Morgan fingerprint density at radius 1 is 1.20 bits per heavy atom. The molecule has 2 rings (SSSR count). The highest BCUT2D eigenvalue weighted by molar-refractivity contribution is 9.10. The molecule has 0 aromatic heterocycles. The minimum Gasteiger partial charge on any atom is -0.497 e. The first-order valence-corrected chi connectivity index (χ1v) is 7.66. The molecule has 0 spiro atoms. The number of benzene rings is 2. The summed E-state index contributed by atoms with van der Waals surface area (Å²) in [6.45, 7) is 2.16. The van der Waals surface area contributed by atoms with Crippen LogP contribution in [0.1, 0.15) is 24.9 Å². The molecule has 2 aromatic carbocycles. The van der Waals surface area contributed by atoms with Crippen LogP contribution in [-0.2, 0) is 0 Å². The number of halogens is 2. The number of methoxy groups -OCH3 is 1. The number of hydrogen-bond donors (Lipinski definition) is 1. The number of anilines is 1. The molecule has 4 heteroatoms. The second kappa shape index (κ2) is 7.00. The maximum Gasteiger partial charge on any atom is 0.118 e. The monoisotopic (exact) mass is 353 g/mol. The third-order valence-corrected chi connectivity index (χ3v) is 4.42. The molecule has 1 unspecified atom stereocenters. The second-order valence-corrected chi connectivity index (χ2v) is 5.77. The van der Waals surface area contributed by atoms with E-state index in [9.17, 15) is 0 Å². The smallest absolute Gasteiger partial charge is 0.118 e. The van der Waals surface area contributed by atoms with Crippen molar-refractivity contribution in [3.05, 3.63) is 57.5 Å². The van der Waals surface area contributed by atoms with Crippen LogP contribution in [0.2, 0.25) is 5.02 Å². The predicted octanol–water partition coefficient (Wildman–Crippen LogP) is 5.67. The van der Waals surface area contributed by atoms with Gasteiger partial charge in [0, 0.05) is 10.2 Å². The summed E-state index contributed by atoms with van der Waals surface area (Å²) >= 11 is 9.52. The van der Waals surface area contributed by atoms with Gasteiger partial charge in [-0.1, -0.05) is 30.7 Å². The SMILES string of the molecule is CCC(Nc1ccc(Br)c(Cl)c1)c1ccc(OC)cc1. The fraction of sp³-hybridized carbons (Fsp3) is 0.250. The molecule has 0 aliphatic carbocycles. The Kier molecular flexibility index (Phi) is 5.32. The van der Waals surface area contributed by atoms with Gasteiger partial charge in [-0.25, -0.2) is 0 Å². The lowest BCUT2D eigenvalue weighted by Gasteiger charge is -2.19. The van der Waals surface area contributed by atoms with Crippen LogP contribution in [0.4, 0.5) is 5.69 Å². The number of ether oxygens (including phenoxy) is 1. The summed E-state index contributed by atoms with van der Waals surface area (Å²) < 4.78 is 6.09. The van der Waals surface area contributed by atoms with E-state index in [0.29, 0.717) is 5.02 Å². The Hall–Kier alpha value is -1.19. The average molecular weight is 355 g/mol. The van der Waals surface area contributed by atoms with E-state index in [1.807, 2.05) is 30.3 Å². The predicted molar refractivity (Wildman–Crippen MR) is 88.8 cm³/mol. The van der Waals surface area contributed by atoms with Crippen LogP contribution in [0.3, 0.4) is 0 Å². The van der Waals surface area contributed by atoms with Crippen LogP contribution in [-0.4, -0.2) is 7.11 Å². The Bertz CT molecular complexity index is 571. The summed E-state index contributed by atoms with van der Waals surface area (Å²) in [6, 6.07) is 14.3. The molecule has 0 fully saturated rings. The average Bonchev–Trinajstić information content (AvgIpc) is 2.48. The van der Waals surface area contributed by atoms with Gasteiger partial charge < -0.3 is 10.1 Å². The van der Waals surface area contributed by atoms with Crippen LogP contribution in [0.5, 0.6) is 5.75 Å². The van der Waals surface area contributed by atoms with Gasteiger partial charge in [0.15, 0.2) is 0 Å². The summed E-state index contributed by atoms with van der Waals surface area (Å²) in [6.07, 6.45) is 0.986. The van der Waals surface area contributed by atoms with E-state index in [2.05, 4.69) is 40.3 Å². The van der Waals surface area contributed by atoms with Gasteiger partial charge >= 0.3 is 0 Å². The zero-order valence-electron chi connectivity index (χ0n) is 11.5. The fourth-order valence-electron chi connectivity index (χ4n) is 2.04. The van der Waals surface area contributed by atoms with Crippen molar-refractivity contribution in [2.24, 2.45) is 0 Å². The van der Waals surface area contributed by atoms with Crippen molar-refractivity contribution in [1.82, 2.24) is 0 Å². The highest BCUT2D eigenvalue weighted by Gasteiger charge is 2.10. The van der Waals surface area contributed by atoms with Crippen LogP contribution in [0, 0.1) is 0 Å². The molecule has 2 nitrogen and oxygen atoms in total. The molecular weight excluding hydrogens is 338 g/mol. The quantitative estimate of drug-likeness (QED) is 0.746. The van der Waals surface area contributed by atoms with Crippen molar-refractivity contribution in [3.8, 4) is 5.75 Å². The molecule has 0 radical (unpaired) electrons. The Labute approximate surface area is 133 Å². The van der Waals surface area contributed by atoms with E-state index in [-0.39, 0.29) is 6.04 Å². The topological polar surface area (TPSA) is 21.3 Å². The maximum absolute atomic E-state index is 6.12. The van der Waals surface area contributed by atoms with Crippen LogP contribution in [0.15, 0.2) is 46.9 Å². The molecule has 0 bridgehead atoms. The summed E-state index contributed by atoms with van der Waals surface area (Å²) in [7, 11) is 1.67. The minimum atomic E-state index is 0.248. The van der Waals surface area contributed by atoms with E-state index in [4.69, 9.17) is 16.3 Å². The Morgan fingerprint density at radius 2 is 1.90 bits per heavy atom. The lowest BCUT2D eigenvalue weighted by Crippen LogP contribution is -2.09. The van der Waals surface area contributed by atoms with Crippen LogP contribution in [0.25, 0.3) is 0 Å². The minimum absolute atomic E-state index is 0.248. The van der Waals surface area contributed by atoms with E-state index in [0.717, 1.165) is 22.3 Å². The van der Waals surface area contributed by atoms with Gasteiger partial charge in [-0.3, -0.25) is 0 Å². The van der Waals surface area contributed by atoms with Gasteiger partial charge in [0.1, 0.15) is 5.75 Å². The summed E-state index contributed by atoms with van der Waals surface area (Å²) in [5.41, 5.74) is 2.24. The van der Waals surface area contributed by atoms with Gasteiger partial charge in [-0.15, -0.1) is 0 Å². The van der Waals surface area contributed by atoms with E-state index >= 15 is 0 Å². The lowest BCUT2D eigenvalue weighted by molar-refractivity contribution is 0.414. The molecular formula is C16H17BrClNO. The van der Waals surface area contributed by atoms with Crippen molar-refractivity contribution in [1.29, 1.82) is 0 Å². The van der Waals surface area contributed by atoms with Crippen molar-refractivity contribution < 1.29 is 4.74 Å². The Balaban J connectivity index is 2.16. The first-order chi connectivity index (χ1) is 9.63. The molecule has 0 aliphatic heterocycles. The normalized spacial score (nSPS) is 12.0. The standard InChI is InChI=1S/C16H17BrClNO/c1-3-16(11-4-7-13(20-2)8-5-11)19-12-6-9-14(17)15(18)10-12/h4-10,16,19H,3H2,1-2H3. The summed E-state index contributed by atoms with van der Waals surface area (Å²) in [5.74, 6) is 0.871. The largest absolute Gasteiger partial charge is 0.497 e. The van der Waals surface area contributed by atoms with Crippen molar-refractivity contribution in [3.63, 3.8) is 0 Å². The third-order valence-electron chi connectivity index (χ3n) is 3.19. The zero-order chi connectivity index (χ0) is 14.5. The highest BCUT2D eigenvalue weighted by atomic mass is 79.9. The number of nitrogens with one attached hydrogen (secondary N) is 1. The molecule has 20 heavy (non-hydrogen) atoms. The van der Waals surface area contributed by atoms with Gasteiger partial charge in [0.25, 0.3) is 0 Å². The van der Waals surface area contributed by atoms with E-state index < -0.39 is 0 Å². The second-order valence-electron chi connectivity index (χ2n) is 4.51. The zero-order valence-corrected chi connectivity index (χ0v) is 13.8.